The zero-order chi connectivity index (χ0) is 13.7. The fourth-order valence-corrected chi connectivity index (χ4v) is 2.89. The van der Waals surface area contributed by atoms with Crippen molar-refractivity contribution in [3.05, 3.63) is 53.3 Å². The van der Waals surface area contributed by atoms with Gasteiger partial charge < -0.3 is 5.32 Å². The Morgan fingerprint density at radius 2 is 1.95 bits per heavy atom. The molecule has 0 atom stereocenters. The van der Waals surface area contributed by atoms with E-state index >= 15 is 0 Å². The Kier molecular flexibility index (Phi) is 5.25. The van der Waals surface area contributed by atoms with E-state index in [9.17, 15) is 0 Å². The highest BCUT2D eigenvalue weighted by atomic mass is 35.5. The lowest BCUT2D eigenvalue weighted by molar-refractivity contribution is 0.585. The monoisotopic (exact) mass is 292 g/mol. The molecule has 1 heterocycles. The van der Waals surface area contributed by atoms with Crippen molar-refractivity contribution >= 4 is 23.4 Å². The molecule has 1 aromatic heterocycles. The molecular formula is C15H17ClN2S. The lowest BCUT2D eigenvalue weighted by Crippen LogP contribution is -2.22. The first-order chi connectivity index (χ1) is 9.16. The fourth-order valence-electron chi connectivity index (χ4n) is 1.65. The summed E-state index contributed by atoms with van der Waals surface area (Å²) in [4.78, 5) is 6.29. The second-order valence-electron chi connectivity index (χ2n) is 4.55. The molecule has 0 aliphatic carbocycles. The van der Waals surface area contributed by atoms with Crippen LogP contribution >= 0.6 is 23.4 Å². The molecule has 19 heavy (non-hydrogen) atoms. The molecule has 100 valence electrons. The van der Waals surface area contributed by atoms with Gasteiger partial charge in [-0.3, -0.25) is 4.98 Å². The molecule has 0 radical (unpaired) electrons. The Balaban J connectivity index is 2.22. The highest BCUT2D eigenvalue weighted by Gasteiger charge is 2.09. The van der Waals surface area contributed by atoms with Crippen molar-refractivity contribution in [2.45, 2.75) is 36.2 Å². The van der Waals surface area contributed by atoms with Crippen molar-refractivity contribution in [1.29, 1.82) is 0 Å². The zero-order valence-electron chi connectivity index (χ0n) is 11.1. The molecule has 0 spiro atoms. The molecular weight excluding hydrogens is 276 g/mol. The predicted molar refractivity (Wildman–Crippen MR) is 81.8 cm³/mol. The van der Waals surface area contributed by atoms with E-state index in [0.29, 0.717) is 6.04 Å². The maximum Gasteiger partial charge on any atom is 0.0548 e. The van der Waals surface area contributed by atoms with Crippen LogP contribution in [0.3, 0.4) is 0 Å². The maximum absolute atomic E-state index is 6.33. The molecule has 0 saturated carbocycles. The molecule has 1 N–H and O–H groups in total. The second-order valence-corrected chi connectivity index (χ2v) is 6.04. The third-order valence-corrected chi connectivity index (χ3v) is 4.24. The van der Waals surface area contributed by atoms with Crippen LogP contribution in [0.4, 0.5) is 0 Å². The number of aromatic nitrogens is 1. The summed E-state index contributed by atoms with van der Waals surface area (Å²) in [6.07, 6.45) is 3.59. The molecule has 0 aliphatic rings. The Morgan fingerprint density at radius 1 is 1.21 bits per heavy atom. The SMILES string of the molecule is CC(C)NCc1cccc(Cl)c1Sc1ccncc1. The highest BCUT2D eigenvalue weighted by molar-refractivity contribution is 7.99. The first-order valence-corrected chi connectivity index (χ1v) is 7.45. The Morgan fingerprint density at radius 3 is 2.63 bits per heavy atom. The maximum atomic E-state index is 6.33. The van der Waals surface area contributed by atoms with Crippen molar-refractivity contribution in [2.75, 3.05) is 0 Å². The van der Waals surface area contributed by atoms with Crippen LogP contribution in [-0.2, 0) is 6.54 Å². The van der Waals surface area contributed by atoms with Crippen LogP contribution in [-0.4, -0.2) is 11.0 Å². The number of nitrogens with one attached hydrogen (secondary N) is 1. The number of hydrogen-bond acceptors (Lipinski definition) is 3. The van der Waals surface area contributed by atoms with Gasteiger partial charge >= 0.3 is 0 Å². The minimum absolute atomic E-state index is 0.456. The quantitative estimate of drug-likeness (QED) is 0.885. The number of hydrogen-bond donors (Lipinski definition) is 1. The molecule has 1 aromatic carbocycles. The van der Waals surface area contributed by atoms with Crippen LogP contribution in [0.5, 0.6) is 0 Å². The van der Waals surface area contributed by atoms with E-state index in [0.717, 1.165) is 21.4 Å². The molecule has 0 saturated heterocycles. The summed E-state index contributed by atoms with van der Waals surface area (Å²) in [7, 11) is 0. The lowest BCUT2D eigenvalue weighted by Gasteiger charge is -2.13. The van der Waals surface area contributed by atoms with Crippen LogP contribution in [0.15, 0.2) is 52.5 Å². The van der Waals surface area contributed by atoms with Gasteiger partial charge in [0.25, 0.3) is 0 Å². The number of pyridine rings is 1. The average Bonchev–Trinajstić information content (AvgIpc) is 2.40. The third kappa shape index (κ3) is 4.23. The summed E-state index contributed by atoms with van der Waals surface area (Å²) in [6, 6.07) is 10.5. The Bertz CT molecular complexity index is 529. The first kappa shape index (κ1) is 14.4. The van der Waals surface area contributed by atoms with Crippen molar-refractivity contribution in [3.8, 4) is 0 Å². The van der Waals surface area contributed by atoms with Crippen molar-refractivity contribution < 1.29 is 0 Å². The number of halogens is 1. The molecule has 2 rings (SSSR count). The van der Waals surface area contributed by atoms with Crippen LogP contribution in [0.2, 0.25) is 5.02 Å². The summed E-state index contributed by atoms with van der Waals surface area (Å²) >= 11 is 8.01. The Labute approximate surface area is 123 Å². The van der Waals surface area contributed by atoms with Gasteiger partial charge in [-0.2, -0.15) is 0 Å². The minimum atomic E-state index is 0.456. The lowest BCUT2D eigenvalue weighted by atomic mass is 10.2. The number of nitrogens with zero attached hydrogens (tertiary/aromatic N) is 1. The van der Waals surface area contributed by atoms with Crippen LogP contribution in [0, 0.1) is 0 Å². The minimum Gasteiger partial charge on any atom is -0.310 e. The summed E-state index contributed by atoms with van der Waals surface area (Å²) in [6.45, 7) is 5.10. The summed E-state index contributed by atoms with van der Waals surface area (Å²) in [5.74, 6) is 0. The van der Waals surface area contributed by atoms with E-state index in [-0.39, 0.29) is 0 Å². The van der Waals surface area contributed by atoms with E-state index in [1.807, 2.05) is 24.3 Å². The average molecular weight is 293 g/mol. The molecule has 2 nitrogen and oxygen atoms in total. The summed E-state index contributed by atoms with van der Waals surface area (Å²) < 4.78 is 0. The summed E-state index contributed by atoms with van der Waals surface area (Å²) in [5.41, 5.74) is 1.23. The van der Waals surface area contributed by atoms with Crippen molar-refractivity contribution in [3.63, 3.8) is 0 Å². The molecule has 0 unspecified atom stereocenters. The van der Waals surface area contributed by atoms with E-state index in [1.165, 1.54) is 5.56 Å². The van der Waals surface area contributed by atoms with Gasteiger partial charge in [-0.15, -0.1) is 0 Å². The smallest absolute Gasteiger partial charge is 0.0548 e. The topological polar surface area (TPSA) is 24.9 Å². The van der Waals surface area contributed by atoms with Crippen LogP contribution in [0.25, 0.3) is 0 Å². The van der Waals surface area contributed by atoms with Crippen molar-refractivity contribution in [2.24, 2.45) is 0 Å². The van der Waals surface area contributed by atoms with E-state index in [4.69, 9.17) is 11.6 Å². The normalized spacial score (nSPS) is 10.9. The van der Waals surface area contributed by atoms with Gasteiger partial charge in [-0.25, -0.2) is 0 Å². The standard InChI is InChI=1S/C15H17ClN2S/c1-11(2)18-10-12-4-3-5-14(16)15(12)19-13-6-8-17-9-7-13/h3-9,11,18H,10H2,1-2H3. The van der Waals surface area contributed by atoms with Crippen LogP contribution < -0.4 is 5.32 Å². The fraction of sp³-hybridized carbons (Fsp3) is 0.267. The van der Waals surface area contributed by atoms with Gasteiger partial charge in [-0.1, -0.05) is 49.3 Å². The molecule has 0 amide bonds. The van der Waals surface area contributed by atoms with E-state index in [2.05, 4.69) is 30.2 Å². The molecule has 2 aromatic rings. The molecule has 0 fully saturated rings. The summed E-state index contributed by atoms with van der Waals surface area (Å²) in [5, 5.41) is 4.23. The highest BCUT2D eigenvalue weighted by Crippen LogP contribution is 2.35. The molecule has 0 bridgehead atoms. The predicted octanol–water partition coefficient (Wildman–Crippen LogP) is 4.38. The van der Waals surface area contributed by atoms with Gasteiger partial charge in [0.1, 0.15) is 0 Å². The molecule has 0 aliphatic heterocycles. The van der Waals surface area contributed by atoms with Gasteiger partial charge in [-0.05, 0) is 23.8 Å². The molecule has 4 heteroatoms. The van der Waals surface area contributed by atoms with E-state index in [1.54, 1.807) is 24.2 Å². The van der Waals surface area contributed by atoms with Gasteiger partial charge in [0.2, 0.25) is 0 Å². The number of rotatable bonds is 5. The van der Waals surface area contributed by atoms with Crippen molar-refractivity contribution in [1.82, 2.24) is 10.3 Å². The van der Waals surface area contributed by atoms with E-state index < -0.39 is 0 Å². The third-order valence-electron chi connectivity index (χ3n) is 2.62. The Hall–Kier alpha value is -1.03. The van der Waals surface area contributed by atoms with Gasteiger partial charge in [0, 0.05) is 34.8 Å². The largest absolute Gasteiger partial charge is 0.310 e. The van der Waals surface area contributed by atoms with Crippen LogP contribution in [0.1, 0.15) is 19.4 Å². The van der Waals surface area contributed by atoms with Gasteiger partial charge in [0.15, 0.2) is 0 Å². The number of benzene rings is 1. The zero-order valence-corrected chi connectivity index (χ0v) is 12.6. The van der Waals surface area contributed by atoms with Gasteiger partial charge in [0.05, 0.1) is 5.02 Å². The second kappa shape index (κ2) is 6.94. The first-order valence-electron chi connectivity index (χ1n) is 6.25.